The normalized spacial score (nSPS) is 21.6. The third-order valence-electron chi connectivity index (χ3n) is 4.92. The van der Waals surface area contributed by atoms with Gasteiger partial charge in [-0.15, -0.1) is 0 Å². The van der Waals surface area contributed by atoms with Gasteiger partial charge in [0.25, 0.3) is 0 Å². The second-order valence-electron chi connectivity index (χ2n) is 7.31. The van der Waals surface area contributed by atoms with Crippen LogP contribution in [0, 0.1) is 6.92 Å². The van der Waals surface area contributed by atoms with E-state index < -0.39 is 0 Å². The number of rotatable bonds is 4. The van der Waals surface area contributed by atoms with E-state index in [1.807, 2.05) is 30.8 Å². The van der Waals surface area contributed by atoms with E-state index in [9.17, 15) is 4.79 Å². The van der Waals surface area contributed by atoms with Crippen molar-refractivity contribution < 1.29 is 4.79 Å². The fraction of sp³-hybridized carbons (Fsp3) is 0.722. The van der Waals surface area contributed by atoms with Gasteiger partial charge in [-0.05, 0) is 46.7 Å². The zero-order valence-corrected chi connectivity index (χ0v) is 15.2. The minimum Gasteiger partial charge on any atom is -0.357 e. The van der Waals surface area contributed by atoms with Gasteiger partial charge in [0.05, 0.1) is 12.2 Å². The number of aromatic nitrogens is 2. The second-order valence-corrected chi connectivity index (χ2v) is 7.31. The highest BCUT2D eigenvalue weighted by Gasteiger charge is 2.27. The molecular weight excluding hydrogens is 302 g/mol. The number of aryl methyl sites for hydroxylation is 1. The van der Waals surface area contributed by atoms with E-state index in [-0.39, 0.29) is 5.91 Å². The monoisotopic (exact) mass is 331 g/mol. The maximum atomic E-state index is 12.4. The Morgan fingerprint density at radius 2 is 1.96 bits per heavy atom. The summed E-state index contributed by atoms with van der Waals surface area (Å²) in [6.07, 6.45) is 4.64. The average molecular weight is 331 g/mol. The van der Waals surface area contributed by atoms with Crippen LogP contribution in [0.4, 0.5) is 5.82 Å². The number of piperidine rings is 1. The van der Waals surface area contributed by atoms with Crippen molar-refractivity contribution in [3.8, 4) is 0 Å². The van der Waals surface area contributed by atoms with Crippen molar-refractivity contribution >= 4 is 11.7 Å². The first-order valence-corrected chi connectivity index (χ1v) is 9.06. The minimum atomic E-state index is 0.218. The summed E-state index contributed by atoms with van der Waals surface area (Å²) in [6, 6.07) is 2.16. The van der Waals surface area contributed by atoms with Crippen molar-refractivity contribution in [2.24, 2.45) is 0 Å². The summed E-state index contributed by atoms with van der Waals surface area (Å²) in [4.78, 5) is 28.0. The van der Waals surface area contributed by atoms with Gasteiger partial charge in [-0.3, -0.25) is 4.79 Å². The Hall–Kier alpha value is -1.69. The lowest BCUT2D eigenvalue weighted by Gasteiger charge is -2.33. The molecule has 3 heterocycles. The number of amides is 1. The highest BCUT2D eigenvalue weighted by Crippen LogP contribution is 2.28. The number of hydrogen-bond acceptors (Lipinski definition) is 5. The summed E-state index contributed by atoms with van der Waals surface area (Å²) in [5, 5.41) is 0. The number of likely N-dealkylation sites (tertiary alicyclic amines) is 1. The quantitative estimate of drug-likeness (QED) is 0.840. The first-order valence-electron chi connectivity index (χ1n) is 9.06. The van der Waals surface area contributed by atoms with E-state index in [2.05, 4.69) is 16.0 Å². The van der Waals surface area contributed by atoms with Crippen LogP contribution >= 0.6 is 0 Å². The van der Waals surface area contributed by atoms with Crippen molar-refractivity contribution in [1.29, 1.82) is 0 Å². The molecule has 2 saturated heterocycles. The van der Waals surface area contributed by atoms with E-state index in [0.717, 1.165) is 56.4 Å². The van der Waals surface area contributed by atoms with Crippen LogP contribution in [0.25, 0.3) is 0 Å². The molecular formula is C18H29N5O. The molecule has 1 aromatic heterocycles. The molecule has 0 N–H and O–H groups in total. The Morgan fingerprint density at radius 1 is 1.21 bits per heavy atom. The maximum absolute atomic E-state index is 12.4. The number of hydrogen-bond donors (Lipinski definition) is 0. The molecule has 0 aromatic carbocycles. The van der Waals surface area contributed by atoms with Crippen molar-refractivity contribution in [2.75, 3.05) is 51.7 Å². The van der Waals surface area contributed by atoms with E-state index in [0.29, 0.717) is 12.5 Å². The molecule has 2 aliphatic rings. The predicted molar refractivity (Wildman–Crippen MR) is 95.3 cm³/mol. The Kier molecular flexibility index (Phi) is 5.33. The van der Waals surface area contributed by atoms with Gasteiger partial charge in [-0.1, -0.05) is 0 Å². The van der Waals surface area contributed by atoms with Crippen LogP contribution in [0.5, 0.6) is 0 Å². The third-order valence-corrected chi connectivity index (χ3v) is 4.92. The molecule has 6 heteroatoms. The molecule has 1 atom stereocenters. The third kappa shape index (κ3) is 4.04. The van der Waals surface area contributed by atoms with Crippen LogP contribution < -0.4 is 4.90 Å². The predicted octanol–water partition coefficient (Wildman–Crippen LogP) is 1.65. The first-order chi connectivity index (χ1) is 11.5. The smallest absolute Gasteiger partial charge is 0.236 e. The SMILES string of the molecule is Cc1nc([C@H]2CCCN(C(=O)CN(C)C)C2)cc(N2CCCC2)n1. The number of carbonyl (C=O) groups is 1. The molecule has 1 amide bonds. The highest BCUT2D eigenvalue weighted by atomic mass is 16.2. The molecule has 0 aliphatic carbocycles. The fourth-order valence-electron chi connectivity index (χ4n) is 3.71. The Labute approximate surface area is 144 Å². The molecule has 2 aliphatic heterocycles. The van der Waals surface area contributed by atoms with Gasteiger partial charge in [-0.2, -0.15) is 0 Å². The second kappa shape index (κ2) is 7.47. The van der Waals surface area contributed by atoms with Crippen LogP contribution in [0.1, 0.15) is 43.1 Å². The van der Waals surface area contributed by atoms with Crippen LogP contribution in [0.2, 0.25) is 0 Å². The van der Waals surface area contributed by atoms with Gasteiger partial charge in [0.15, 0.2) is 0 Å². The summed E-state index contributed by atoms with van der Waals surface area (Å²) >= 11 is 0. The summed E-state index contributed by atoms with van der Waals surface area (Å²) in [7, 11) is 3.88. The van der Waals surface area contributed by atoms with Crippen molar-refractivity contribution in [1.82, 2.24) is 19.8 Å². The molecule has 2 fully saturated rings. The summed E-state index contributed by atoms with van der Waals surface area (Å²) in [5.41, 5.74) is 1.10. The Bertz CT molecular complexity index is 583. The lowest BCUT2D eigenvalue weighted by Crippen LogP contribution is -2.43. The maximum Gasteiger partial charge on any atom is 0.236 e. The first kappa shape index (κ1) is 17.1. The largest absolute Gasteiger partial charge is 0.357 e. The minimum absolute atomic E-state index is 0.218. The number of anilines is 1. The molecule has 132 valence electrons. The lowest BCUT2D eigenvalue weighted by atomic mass is 9.94. The van der Waals surface area contributed by atoms with Gasteiger partial charge >= 0.3 is 0 Å². The molecule has 0 radical (unpaired) electrons. The number of likely N-dealkylation sites (N-methyl/N-ethyl adjacent to an activating group) is 1. The standard InChI is InChI=1S/C18H29N5O/c1-14-19-16(11-17(20-14)22-8-4-5-9-22)15-7-6-10-23(12-15)18(24)13-21(2)3/h11,15H,4-10,12-13H2,1-3H3/t15-/m0/s1. The zero-order valence-electron chi connectivity index (χ0n) is 15.2. The van der Waals surface area contributed by atoms with E-state index in [1.54, 1.807) is 0 Å². The van der Waals surface area contributed by atoms with Crippen LogP contribution in [0.3, 0.4) is 0 Å². The van der Waals surface area contributed by atoms with Gasteiger partial charge in [0, 0.05) is 38.2 Å². The Balaban J connectivity index is 1.74. The molecule has 0 spiro atoms. The average Bonchev–Trinajstić information content (AvgIpc) is 3.08. The molecule has 3 rings (SSSR count). The molecule has 0 unspecified atom stereocenters. The van der Waals surface area contributed by atoms with Gasteiger partial charge in [-0.25, -0.2) is 9.97 Å². The van der Waals surface area contributed by atoms with Crippen molar-refractivity contribution in [3.05, 3.63) is 17.6 Å². The Morgan fingerprint density at radius 3 is 2.67 bits per heavy atom. The summed E-state index contributed by atoms with van der Waals surface area (Å²) in [5.74, 6) is 2.45. The number of nitrogens with zero attached hydrogens (tertiary/aromatic N) is 5. The highest BCUT2D eigenvalue weighted by molar-refractivity contribution is 5.78. The van der Waals surface area contributed by atoms with E-state index in [1.165, 1.54) is 12.8 Å². The zero-order chi connectivity index (χ0) is 17.1. The van der Waals surface area contributed by atoms with E-state index in [4.69, 9.17) is 4.98 Å². The van der Waals surface area contributed by atoms with Crippen LogP contribution in [-0.4, -0.2) is 72.5 Å². The molecule has 0 saturated carbocycles. The topological polar surface area (TPSA) is 52.6 Å². The molecule has 1 aromatic rings. The van der Waals surface area contributed by atoms with Crippen molar-refractivity contribution in [2.45, 2.75) is 38.5 Å². The molecule has 6 nitrogen and oxygen atoms in total. The van der Waals surface area contributed by atoms with Gasteiger partial charge < -0.3 is 14.7 Å². The van der Waals surface area contributed by atoms with Gasteiger partial charge in [0.1, 0.15) is 11.6 Å². The summed E-state index contributed by atoms with van der Waals surface area (Å²) in [6.45, 7) is 6.28. The number of carbonyl (C=O) groups excluding carboxylic acids is 1. The van der Waals surface area contributed by atoms with Crippen molar-refractivity contribution in [3.63, 3.8) is 0 Å². The molecule has 0 bridgehead atoms. The summed E-state index contributed by atoms with van der Waals surface area (Å²) < 4.78 is 0. The van der Waals surface area contributed by atoms with Gasteiger partial charge in [0.2, 0.25) is 5.91 Å². The molecule has 24 heavy (non-hydrogen) atoms. The lowest BCUT2D eigenvalue weighted by molar-refractivity contribution is -0.133. The van der Waals surface area contributed by atoms with E-state index >= 15 is 0 Å². The fourth-order valence-corrected chi connectivity index (χ4v) is 3.71. The van der Waals surface area contributed by atoms with Crippen LogP contribution in [-0.2, 0) is 4.79 Å². The van der Waals surface area contributed by atoms with Crippen LogP contribution in [0.15, 0.2) is 6.07 Å².